The summed E-state index contributed by atoms with van der Waals surface area (Å²) in [6.07, 6.45) is 3.69. The molecular formula is C5H4ClFN. The number of halogens is 2. The van der Waals surface area contributed by atoms with Gasteiger partial charge in [0.25, 0.3) is 0 Å². The van der Waals surface area contributed by atoms with E-state index in [1.807, 2.05) is 0 Å². The van der Waals surface area contributed by atoms with Gasteiger partial charge >= 0.3 is 0 Å². The molecule has 0 amide bonds. The van der Waals surface area contributed by atoms with Crippen LogP contribution in [-0.4, -0.2) is 6.54 Å². The van der Waals surface area contributed by atoms with Crippen LogP contribution < -0.4 is 5.32 Å². The van der Waals surface area contributed by atoms with Crippen LogP contribution in [0.25, 0.3) is 0 Å². The Labute approximate surface area is 51.8 Å². The predicted octanol–water partition coefficient (Wildman–Crippen LogP) is 1.33. The first-order valence-electron chi connectivity index (χ1n) is 2.16. The zero-order valence-corrected chi connectivity index (χ0v) is 4.80. The predicted molar refractivity (Wildman–Crippen MR) is 29.8 cm³/mol. The standard InChI is InChI=1S/C5H4ClFN/c6-5-2-1-4(7)3-8-5/h2,8H,3H2. The van der Waals surface area contributed by atoms with Crippen LogP contribution in [0.3, 0.4) is 0 Å². The van der Waals surface area contributed by atoms with Gasteiger partial charge in [0.1, 0.15) is 11.0 Å². The molecule has 43 valence electrons. The maximum Gasteiger partial charge on any atom is 0.127 e. The van der Waals surface area contributed by atoms with Gasteiger partial charge in [0.05, 0.1) is 6.54 Å². The van der Waals surface area contributed by atoms with Gasteiger partial charge in [-0.15, -0.1) is 0 Å². The molecule has 0 aromatic heterocycles. The molecule has 3 heteroatoms. The van der Waals surface area contributed by atoms with Gasteiger partial charge < -0.3 is 5.32 Å². The Hall–Kier alpha value is -0.500. The maximum absolute atomic E-state index is 12.0. The van der Waals surface area contributed by atoms with Crippen molar-refractivity contribution in [2.45, 2.75) is 0 Å². The highest BCUT2D eigenvalue weighted by atomic mass is 35.5. The fourth-order valence-corrected chi connectivity index (χ4v) is 0.527. The zero-order valence-electron chi connectivity index (χ0n) is 4.04. The van der Waals surface area contributed by atoms with Gasteiger partial charge in [-0.05, 0) is 6.08 Å². The van der Waals surface area contributed by atoms with E-state index in [2.05, 4.69) is 11.4 Å². The quantitative estimate of drug-likeness (QED) is 0.491. The lowest BCUT2D eigenvalue weighted by molar-refractivity contribution is 0.587. The highest BCUT2D eigenvalue weighted by molar-refractivity contribution is 6.29. The number of hydrogen-bond donors (Lipinski definition) is 1. The van der Waals surface area contributed by atoms with Crippen LogP contribution >= 0.6 is 11.6 Å². The smallest absolute Gasteiger partial charge is 0.127 e. The highest BCUT2D eigenvalue weighted by Crippen LogP contribution is 2.05. The first-order valence-corrected chi connectivity index (χ1v) is 2.54. The zero-order chi connectivity index (χ0) is 5.98. The van der Waals surface area contributed by atoms with Crippen LogP contribution in [0.2, 0.25) is 0 Å². The van der Waals surface area contributed by atoms with Gasteiger partial charge in [0, 0.05) is 6.08 Å². The van der Waals surface area contributed by atoms with E-state index in [-0.39, 0.29) is 12.4 Å². The molecule has 0 spiro atoms. The summed E-state index contributed by atoms with van der Waals surface area (Å²) in [4.78, 5) is 0. The molecule has 0 bridgehead atoms. The molecule has 1 heterocycles. The largest absolute Gasteiger partial charge is 0.369 e. The average molecular weight is 133 g/mol. The Morgan fingerprint density at radius 1 is 1.88 bits per heavy atom. The molecule has 0 atom stereocenters. The second-order valence-electron chi connectivity index (χ2n) is 1.40. The molecule has 0 fully saturated rings. The molecule has 0 unspecified atom stereocenters. The van der Waals surface area contributed by atoms with Crippen LogP contribution in [0, 0.1) is 6.08 Å². The number of hydrogen-bond acceptors (Lipinski definition) is 1. The lowest BCUT2D eigenvalue weighted by atomic mass is 10.4. The van der Waals surface area contributed by atoms with Crippen molar-refractivity contribution in [2.75, 3.05) is 6.54 Å². The maximum atomic E-state index is 12.0. The molecule has 1 aliphatic rings. The van der Waals surface area contributed by atoms with Gasteiger partial charge in [0.15, 0.2) is 0 Å². The molecule has 1 N–H and O–H groups in total. The van der Waals surface area contributed by atoms with Crippen LogP contribution in [0.4, 0.5) is 4.39 Å². The van der Waals surface area contributed by atoms with Gasteiger partial charge in [-0.25, -0.2) is 4.39 Å². The minimum atomic E-state index is -0.311. The van der Waals surface area contributed by atoms with E-state index < -0.39 is 0 Å². The van der Waals surface area contributed by atoms with E-state index in [0.29, 0.717) is 5.16 Å². The van der Waals surface area contributed by atoms with Crippen molar-refractivity contribution < 1.29 is 4.39 Å². The van der Waals surface area contributed by atoms with E-state index in [1.54, 1.807) is 0 Å². The van der Waals surface area contributed by atoms with Crippen LogP contribution in [0.15, 0.2) is 17.1 Å². The van der Waals surface area contributed by atoms with E-state index >= 15 is 0 Å². The highest BCUT2D eigenvalue weighted by Gasteiger charge is 1.99. The molecule has 0 aromatic rings. The summed E-state index contributed by atoms with van der Waals surface area (Å²) < 4.78 is 12.0. The second kappa shape index (κ2) is 2.18. The summed E-state index contributed by atoms with van der Waals surface area (Å²) in [5.74, 6) is -0.311. The summed E-state index contributed by atoms with van der Waals surface area (Å²) in [6.45, 7) is 0.162. The number of allylic oxidation sites excluding steroid dienone is 2. The van der Waals surface area contributed by atoms with Crippen molar-refractivity contribution in [1.29, 1.82) is 0 Å². The Bertz CT molecular complexity index is 133. The summed E-state index contributed by atoms with van der Waals surface area (Å²) in [7, 11) is 0. The Balaban J connectivity index is 2.65. The number of rotatable bonds is 0. The van der Waals surface area contributed by atoms with Gasteiger partial charge in [-0.3, -0.25) is 0 Å². The van der Waals surface area contributed by atoms with Crippen LogP contribution in [0.5, 0.6) is 0 Å². The lowest BCUT2D eigenvalue weighted by Crippen LogP contribution is -2.14. The second-order valence-corrected chi connectivity index (χ2v) is 1.80. The van der Waals surface area contributed by atoms with Gasteiger partial charge in [-0.2, -0.15) is 0 Å². The average Bonchev–Trinajstić information content (AvgIpc) is 1.77. The van der Waals surface area contributed by atoms with E-state index in [0.717, 1.165) is 0 Å². The van der Waals surface area contributed by atoms with Crippen molar-refractivity contribution in [1.82, 2.24) is 5.32 Å². The third-order valence-electron chi connectivity index (χ3n) is 0.768. The lowest BCUT2D eigenvalue weighted by Gasteiger charge is -2.04. The first-order chi connectivity index (χ1) is 3.79. The van der Waals surface area contributed by atoms with Gasteiger partial charge in [-0.1, -0.05) is 11.6 Å². The Morgan fingerprint density at radius 2 is 2.62 bits per heavy atom. The molecule has 8 heavy (non-hydrogen) atoms. The SMILES string of the molecule is FC1=[C]C=C(Cl)NC1. The van der Waals surface area contributed by atoms with Crippen molar-refractivity contribution in [2.24, 2.45) is 0 Å². The summed E-state index contributed by atoms with van der Waals surface area (Å²) in [5.41, 5.74) is 0. The molecule has 1 rings (SSSR count). The van der Waals surface area contributed by atoms with Gasteiger partial charge in [0.2, 0.25) is 0 Å². The molecule has 1 nitrogen and oxygen atoms in total. The fraction of sp³-hybridized carbons (Fsp3) is 0.200. The normalized spacial score (nSPS) is 18.8. The molecular weight excluding hydrogens is 129 g/mol. The Kier molecular flexibility index (Phi) is 1.53. The van der Waals surface area contributed by atoms with E-state index in [4.69, 9.17) is 11.6 Å². The van der Waals surface area contributed by atoms with E-state index in [1.165, 1.54) is 6.08 Å². The molecule has 1 aliphatic heterocycles. The molecule has 0 saturated carbocycles. The minimum absolute atomic E-state index is 0.162. The first kappa shape index (κ1) is 5.63. The van der Waals surface area contributed by atoms with Crippen molar-refractivity contribution in [3.63, 3.8) is 0 Å². The minimum Gasteiger partial charge on any atom is -0.369 e. The van der Waals surface area contributed by atoms with E-state index in [9.17, 15) is 4.39 Å². The van der Waals surface area contributed by atoms with Crippen molar-refractivity contribution in [3.05, 3.63) is 23.1 Å². The number of nitrogens with one attached hydrogen (secondary N) is 1. The summed E-state index contributed by atoms with van der Waals surface area (Å²) in [5, 5.41) is 3.02. The summed E-state index contributed by atoms with van der Waals surface area (Å²) >= 11 is 5.39. The van der Waals surface area contributed by atoms with Crippen molar-refractivity contribution in [3.8, 4) is 0 Å². The fourth-order valence-electron chi connectivity index (χ4n) is 0.406. The van der Waals surface area contributed by atoms with Crippen LogP contribution in [0.1, 0.15) is 0 Å². The summed E-state index contributed by atoms with van der Waals surface area (Å²) in [6, 6.07) is 0. The van der Waals surface area contributed by atoms with Crippen molar-refractivity contribution >= 4 is 11.6 Å². The molecule has 0 aromatic carbocycles. The third kappa shape index (κ3) is 1.23. The van der Waals surface area contributed by atoms with Crippen LogP contribution in [-0.2, 0) is 0 Å². The molecule has 0 saturated heterocycles. The number of dihydropyridines is 1. The monoisotopic (exact) mass is 132 g/mol. The third-order valence-corrected chi connectivity index (χ3v) is 1.01. The molecule has 1 radical (unpaired) electrons. The Morgan fingerprint density at radius 3 is 3.00 bits per heavy atom. The molecule has 0 aliphatic carbocycles. The topological polar surface area (TPSA) is 12.0 Å².